The maximum Gasteiger partial charge on any atom is 0.0603 e. The van der Waals surface area contributed by atoms with E-state index in [9.17, 15) is 5.11 Å². The molecule has 0 aromatic carbocycles. The molecule has 3 unspecified atom stereocenters. The largest absolute Gasteiger partial charge is 0.393 e. The molecule has 1 heteroatoms. The number of rotatable bonds is 1. The molecule has 0 spiro atoms. The molecule has 1 aliphatic carbocycles. The second-order valence-electron chi connectivity index (χ2n) is 2.49. The van der Waals surface area contributed by atoms with Crippen LogP contribution in [0, 0.1) is 11.8 Å². The zero-order chi connectivity index (χ0) is 15.7. The van der Waals surface area contributed by atoms with Gasteiger partial charge in [0.05, 0.1) is 7.45 Å². The molecule has 0 aromatic heterocycles. The van der Waals surface area contributed by atoms with Crippen LogP contribution in [0.25, 0.3) is 0 Å². The maximum absolute atomic E-state index is 10.1. The molecule has 0 aliphatic heterocycles. The Kier molecular flexibility index (Phi) is 0.752. The Balaban J connectivity index is 3.68. The summed E-state index contributed by atoms with van der Waals surface area (Å²) in [5, 5.41) is 10.1. The Morgan fingerprint density at radius 3 is 2.90 bits per heavy atom. The molecule has 10 heavy (non-hydrogen) atoms. The van der Waals surface area contributed by atoms with Crippen molar-refractivity contribution in [2.24, 2.45) is 11.8 Å². The van der Waals surface area contributed by atoms with Crippen LogP contribution in [-0.2, 0) is 0 Å². The summed E-state index contributed by atoms with van der Waals surface area (Å²) in [6, 6.07) is 0. The molecule has 1 aliphatic rings. The predicted molar refractivity (Wildman–Crippen MR) is 42.8 cm³/mol. The number of hydrogen-bond acceptors (Lipinski definition) is 1. The standard InChI is InChI=1S/C9H18O/c1-7(2)8-5-3-4-6-9(8)10/h7-10H,3-6H2,1-2H3/i3D2,4D2,5D2,6D,8D,9D. The minimum Gasteiger partial charge on any atom is -0.393 e. The van der Waals surface area contributed by atoms with Crippen LogP contribution in [0.3, 0.4) is 0 Å². The second kappa shape index (κ2) is 3.38. The summed E-state index contributed by atoms with van der Waals surface area (Å²) in [7, 11) is 0. The van der Waals surface area contributed by atoms with Gasteiger partial charge in [0.2, 0.25) is 0 Å². The third-order valence-electron chi connectivity index (χ3n) is 1.33. The molecule has 0 radical (unpaired) electrons. The minimum atomic E-state index is -3.17. The van der Waals surface area contributed by atoms with Gasteiger partial charge in [-0.25, -0.2) is 0 Å². The van der Waals surface area contributed by atoms with E-state index in [0.717, 1.165) is 0 Å². The molecule has 1 saturated carbocycles. The molecule has 0 amide bonds. The van der Waals surface area contributed by atoms with E-state index in [4.69, 9.17) is 12.3 Å². The summed E-state index contributed by atoms with van der Waals surface area (Å²) in [6.07, 6.45) is -14.8. The van der Waals surface area contributed by atoms with Crippen LogP contribution >= 0.6 is 0 Å². The van der Waals surface area contributed by atoms with Gasteiger partial charge < -0.3 is 5.11 Å². The van der Waals surface area contributed by atoms with Crippen molar-refractivity contribution >= 4 is 0 Å². The minimum absolute atomic E-state index is 0.982. The third-order valence-corrected chi connectivity index (χ3v) is 1.33. The lowest BCUT2D eigenvalue weighted by Crippen LogP contribution is -2.28. The Morgan fingerprint density at radius 1 is 1.60 bits per heavy atom. The lowest BCUT2D eigenvalue weighted by Gasteiger charge is -2.30. The van der Waals surface area contributed by atoms with Crippen molar-refractivity contribution < 1.29 is 17.4 Å². The van der Waals surface area contributed by atoms with Crippen LogP contribution in [-0.4, -0.2) is 11.2 Å². The van der Waals surface area contributed by atoms with E-state index in [-0.39, 0.29) is 0 Å². The van der Waals surface area contributed by atoms with Crippen LogP contribution in [0.1, 0.15) is 51.7 Å². The molecule has 0 aromatic rings. The molecule has 1 nitrogen and oxygen atoms in total. The van der Waals surface area contributed by atoms with Gasteiger partial charge in [0.1, 0.15) is 0 Å². The fourth-order valence-electron chi connectivity index (χ4n) is 0.790. The van der Waals surface area contributed by atoms with Gasteiger partial charge >= 0.3 is 0 Å². The molecule has 1 rings (SSSR count). The van der Waals surface area contributed by atoms with Crippen molar-refractivity contribution in [2.75, 3.05) is 0 Å². The Hall–Kier alpha value is -0.0400. The number of aliphatic hydroxyl groups is 1. The molecule has 1 fully saturated rings. The highest BCUT2D eigenvalue weighted by Crippen LogP contribution is 2.29. The number of hydrogen-bond donors (Lipinski definition) is 1. The van der Waals surface area contributed by atoms with Gasteiger partial charge in [-0.2, -0.15) is 0 Å². The first kappa shape index (κ1) is 2.22. The van der Waals surface area contributed by atoms with Crippen LogP contribution in [0.15, 0.2) is 0 Å². The molecular weight excluding hydrogens is 124 g/mol. The summed E-state index contributed by atoms with van der Waals surface area (Å²) >= 11 is 0. The highest BCUT2D eigenvalue weighted by Gasteiger charge is 2.24. The normalized spacial score (nSPS) is 85.2. The van der Waals surface area contributed by atoms with E-state index < -0.39 is 43.4 Å². The SMILES string of the molecule is [2H]C1C([2H])([2H])C([2H])([2H])C([2H])([2H])C([2H])(C(C)C)C1([2H])O. The topological polar surface area (TPSA) is 20.2 Å². The Bertz CT molecular complexity index is 378. The first-order valence-electron chi connectivity index (χ1n) is 7.82. The Labute approximate surface area is 76.1 Å². The quantitative estimate of drug-likeness (QED) is 0.609. The monoisotopic (exact) mass is 151 g/mol. The first-order chi connectivity index (χ1) is 8.10. The fraction of sp³-hybridized carbons (Fsp3) is 1.00. The summed E-state index contributed by atoms with van der Waals surface area (Å²) in [4.78, 5) is 0. The Morgan fingerprint density at radius 2 is 2.30 bits per heavy atom. The summed E-state index contributed by atoms with van der Waals surface area (Å²) in [6.45, 7) is 2.68. The first-order valence-corrected chi connectivity index (χ1v) is 3.24. The molecular formula is C9H18O. The van der Waals surface area contributed by atoms with E-state index >= 15 is 0 Å². The lowest BCUT2D eigenvalue weighted by molar-refractivity contribution is 0.0456. The maximum atomic E-state index is 10.1. The lowest BCUT2D eigenvalue weighted by atomic mass is 9.79. The molecule has 3 atom stereocenters. The molecule has 0 heterocycles. The molecule has 60 valence electrons. The zero-order valence-corrected chi connectivity index (χ0v) is 6.10. The van der Waals surface area contributed by atoms with E-state index in [1.165, 1.54) is 13.8 Å². The van der Waals surface area contributed by atoms with Crippen LogP contribution in [0.4, 0.5) is 0 Å². The molecule has 0 saturated heterocycles. The highest BCUT2D eigenvalue weighted by atomic mass is 16.3. The van der Waals surface area contributed by atoms with Crippen LogP contribution in [0.2, 0.25) is 0 Å². The average molecular weight is 151 g/mol. The van der Waals surface area contributed by atoms with Crippen molar-refractivity contribution in [3.05, 3.63) is 0 Å². The van der Waals surface area contributed by atoms with Crippen molar-refractivity contribution in [1.82, 2.24) is 0 Å². The third kappa shape index (κ3) is 1.72. The van der Waals surface area contributed by atoms with E-state index in [1.807, 2.05) is 0 Å². The average Bonchev–Trinajstić information content (AvgIpc) is 2.23. The summed E-state index contributed by atoms with van der Waals surface area (Å²) in [5.74, 6) is -3.65. The van der Waals surface area contributed by atoms with Crippen molar-refractivity contribution in [2.45, 2.75) is 45.4 Å². The van der Waals surface area contributed by atoms with Gasteiger partial charge in [-0.05, 0) is 24.6 Å². The summed E-state index contributed by atoms with van der Waals surface area (Å²) < 4.78 is 69.6. The van der Waals surface area contributed by atoms with Gasteiger partial charge in [-0.3, -0.25) is 0 Å². The van der Waals surface area contributed by atoms with Crippen LogP contribution in [0.5, 0.6) is 0 Å². The van der Waals surface area contributed by atoms with Gasteiger partial charge in [-0.1, -0.05) is 26.6 Å². The van der Waals surface area contributed by atoms with Crippen molar-refractivity contribution in [3.8, 4) is 0 Å². The smallest absolute Gasteiger partial charge is 0.0603 e. The van der Waals surface area contributed by atoms with Gasteiger partial charge in [0.15, 0.2) is 0 Å². The predicted octanol–water partition coefficient (Wildman–Crippen LogP) is 2.19. The van der Waals surface area contributed by atoms with E-state index in [2.05, 4.69) is 0 Å². The fourth-order valence-corrected chi connectivity index (χ4v) is 0.790. The highest BCUT2D eigenvalue weighted by molar-refractivity contribution is 4.76. The zero-order valence-electron chi connectivity index (χ0n) is 15.1. The molecule has 0 bridgehead atoms. The second-order valence-corrected chi connectivity index (χ2v) is 2.49. The van der Waals surface area contributed by atoms with Gasteiger partial charge in [-0.15, -0.1) is 0 Å². The van der Waals surface area contributed by atoms with Gasteiger partial charge in [0, 0.05) is 11.0 Å². The van der Waals surface area contributed by atoms with Crippen molar-refractivity contribution in [3.63, 3.8) is 0 Å². The van der Waals surface area contributed by atoms with Crippen LogP contribution < -0.4 is 0 Å². The van der Waals surface area contributed by atoms with E-state index in [0.29, 0.717) is 0 Å². The van der Waals surface area contributed by atoms with Crippen molar-refractivity contribution in [1.29, 1.82) is 0 Å². The van der Waals surface area contributed by atoms with E-state index in [1.54, 1.807) is 0 Å². The molecule has 1 N–H and O–H groups in total. The summed E-state index contributed by atoms with van der Waals surface area (Å²) in [5.41, 5.74) is 0. The van der Waals surface area contributed by atoms with Gasteiger partial charge in [0.25, 0.3) is 0 Å².